The van der Waals surface area contributed by atoms with Gasteiger partial charge >= 0.3 is 0 Å². The molecule has 0 amide bonds. The number of likely N-dealkylation sites (N-methyl/N-ethyl adjacent to an activating group) is 1. The van der Waals surface area contributed by atoms with Crippen molar-refractivity contribution in [2.75, 3.05) is 46.4 Å². The monoisotopic (exact) mass is 214 g/mol. The number of methoxy groups -OCH3 is 1. The molecule has 0 saturated carbocycles. The van der Waals surface area contributed by atoms with Crippen molar-refractivity contribution in [3.63, 3.8) is 0 Å². The maximum absolute atomic E-state index is 5.07. The summed E-state index contributed by atoms with van der Waals surface area (Å²) in [4.78, 5) is 2.35. The van der Waals surface area contributed by atoms with Crippen LogP contribution < -0.4 is 5.32 Å². The van der Waals surface area contributed by atoms with Gasteiger partial charge in [-0.2, -0.15) is 0 Å². The molecule has 0 aromatic heterocycles. The van der Waals surface area contributed by atoms with Crippen LogP contribution in [-0.2, 0) is 4.74 Å². The Morgan fingerprint density at radius 2 is 2.13 bits per heavy atom. The van der Waals surface area contributed by atoms with Gasteiger partial charge in [0.25, 0.3) is 0 Å². The summed E-state index contributed by atoms with van der Waals surface area (Å²) < 4.78 is 5.07. The van der Waals surface area contributed by atoms with E-state index in [1.807, 2.05) is 0 Å². The predicted molar refractivity (Wildman–Crippen MR) is 66.3 cm³/mol. The molecule has 0 aliphatic carbocycles. The number of nitrogens with zero attached hydrogens (tertiary/aromatic N) is 1. The van der Waals surface area contributed by atoms with E-state index in [9.17, 15) is 0 Å². The molecule has 0 radical (unpaired) electrons. The second kappa shape index (κ2) is 10.1. The SMILES string of the molecule is C=C(CNCCC)CN(CC)CCOC. The third kappa shape index (κ3) is 8.60. The van der Waals surface area contributed by atoms with E-state index < -0.39 is 0 Å². The Kier molecular flexibility index (Phi) is 9.89. The Balaban J connectivity index is 3.60. The normalized spacial score (nSPS) is 10.9. The largest absolute Gasteiger partial charge is 0.383 e. The Morgan fingerprint density at radius 3 is 2.67 bits per heavy atom. The van der Waals surface area contributed by atoms with Gasteiger partial charge in [0.05, 0.1) is 6.61 Å². The molecule has 90 valence electrons. The van der Waals surface area contributed by atoms with Gasteiger partial charge in [-0.15, -0.1) is 0 Å². The van der Waals surface area contributed by atoms with Crippen molar-refractivity contribution in [2.45, 2.75) is 20.3 Å². The van der Waals surface area contributed by atoms with Crippen molar-refractivity contribution in [1.82, 2.24) is 10.2 Å². The fraction of sp³-hybridized carbons (Fsp3) is 0.833. The molecule has 0 atom stereocenters. The number of hydrogen-bond acceptors (Lipinski definition) is 3. The van der Waals surface area contributed by atoms with E-state index in [-0.39, 0.29) is 0 Å². The van der Waals surface area contributed by atoms with Gasteiger partial charge in [-0.05, 0) is 25.1 Å². The van der Waals surface area contributed by atoms with Crippen LogP contribution in [0, 0.1) is 0 Å². The molecule has 1 N–H and O–H groups in total. The van der Waals surface area contributed by atoms with Crippen LogP contribution in [0.4, 0.5) is 0 Å². The first-order chi connectivity index (χ1) is 7.24. The summed E-state index contributed by atoms with van der Waals surface area (Å²) in [5, 5.41) is 3.36. The molecule has 0 rings (SSSR count). The zero-order chi connectivity index (χ0) is 11.5. The molecular weight excluding hydrogens is 188 g/mol. The molecule has 15 heavy (non-hydrogen) atoms. The number of hydrogen-bond donors (Lipinski definition) is 1. The Bertz CT molecular complexity index is 160. The lowest BCUT2D eigenvalue weighted by Gasteiger charge is -2.21. The van der Waals surface area contributed by atoms with E-state index >= 15 is 0 Å². The average Bonchev–Trinajstić information content (AvgIpc) is 2.24. The standard InChI is InChI=1S/C12H26N2O/c1-5-7-13-10-12(3)11-14(6-2)8-9-15-4/h13H,3,5-11H2,1-2,4H3. The maximum atomic E-state index is 5.07. The van der Waals surface area contributed by atoms with Gasteiger partial charge in [0.2, 0.25) is 0 Å². The van der Waals surface area contributed by atoms with Crippen molar-refractivity contribution >= 4 is 0 Å². The molecule has 0 saturated heterocycles. The van der Waals surface area contributed by atoms with Crippen molar-refractivity contribution in [1.29, 1.82) is 0 Å². The first-order valence-corrected chi connectivity index (χ1v) is 5.83. The highest BCUT2D eigenvalue weighted by Gasteiger charge is 2.03. The van der Waals surface area contributed by atoms with Crippen LogP contribution in [0.1, 0.15) is 20.3 Å². The van der Waals surface area contributed by atoms with Crippen molar-refractivity contribution < 1.29 is 4.74 Å². The molecule has 0 spiro atoms. The molecule has 0 aliphatic rings. The Morgan fingerprint density at radius 1 is 1.40 bits per heavy atom. The van der Waals surface area contributed by atoms with Crippen LogP contribution in [0.5, 0.6) is 0 Å². The van der Waals surface area contributed by atoms with E-state index in [1.165, 1.54) is 12.0 Å². The van der Waals surface area contributed by atoms with Gasteiger partial charge in [0, 0.05) is 26.7 Å². The summed E-state index contributed by atoms with van der Waals surface area (Å²) in [6.07, 6.45) is 1.18. The first-order valence-electron chi connectivity index (χ1n) is 5.83. The molecule has 0 bridgehead atoms. The second-order valence-electron chi connectivity index (χ2n) is 3.79. The average molecular weight is 214 g/mol. The van der Waals surface area contributed by atoms with Crippen LogP contribution in [0.25, 0.3) is 0 Å². The van der Waals surface area contributed by atoms with Gasteiger partial charge in [0.15, 0.2) is 0 Å². The van der Waals surface area contributed by atoms with Gasteiger partial charge < -0.3 is 10.1 Å². The van der Waals surface area contributed by atoms with Crippen LogP contribution >= 0.6 is 0 Å². The molecule has 0 fully saturated rings. The third-order valence-electron chi connectivity index (χ3n) is 2.31. The van der Waals surface area contributed by atoms with Gasteiger partial charge in [-0.25, -0.2) is 0 Å². The lowest BCUT2D eigenvalue weighted by Crippen LogP contribution is -2.31. The zero-order valence-corrected chi connectivity index (χ0v) is 10.5. The minimum atomic E-state index is 0.795. The first kappa shape index (κ1) is 14.6. The molecular formula is C12H26N2O. The van der Waals surface area contributed by atoms with Gasteiger partial charge in [0.1, 0.15) is 0 Å². The van der Waals surface area contributed by atoms with E-state index in [0.29, 0.717) is 0 Å². The van der Waals surface area contributed by atoms with Crippen molar-refractivity contribution in [3.05, 3.63) is 12.2 Å². The van der Waals surface area contributed by atoms with E-state index in [2.05, 4.69) is 30.6 Å². The van der Waals surface area contributed by atoms with Crippen molar-refractivity contribution in [3.8, 4) is 0 Å². The number of ether oxygens (including phenoxy) is 1. The molecule has 0 aromatic rings. The lowest BCUT2D eigenvalue weighted by atomic mass is 10.2. The summed E-state index contributed by atoms with van der Waals surface area (Å²) in [5.41, 5.74) is 1.25. The summed E-state index contributed by atoms with van der Waals surface area (Å²) in [6, 6.07) is 0. The molecule has 0 aliphatic heterocycles. The minimum absolute atomic E-state index is 0.795. The number of nitrogens with one attached hydrogen (secondary N) is 1. The molecule has 0 aromatic carbocycles. The zero-order valence-electron chi connectivity index (χ0n) is 10.5. The third-order valence-corrected chi connectivity index (χ3v) is 2.31. The lowest BCUT2D eigenvalue weighted by molar-refractivity contribution is 0.155. The maximum Gasteiger partial charge on any atom is 0.0589 e. The number of rotatable bonds is 10. The molecule has 3 nitrogen and oxygen atoms in total. The van der Waals surface area contributed by atoms with Gasteiger partial charge in [-0.3, -0.25) is 4.90 Å². The Labute approximate surface area is 94.5 Å². The highest BCUT2D eigenvalue weighted by molar-refractivity contribution is 4.99. The second-order valence-corrected chi connectivity index (χ2v) is 3.79. The van der Waals surface area contributed by atoms with E-state index in [4.69, 9.17) is 4.74 Å². The smallest absolute Gasteiger partial charge is 0.0589 e. The molecule has 0 heterocycles. The van der Waals surface area contributed by atoms with Crippen LogP contribution in [0.3, 0.4) is 0 Å². The highest BCUT2D eigenvalue weighted by Crippen LogP contribution is 1.95. The molecule has 3 heteroatoms. The highest BCUT2D eigenvalue weighted by atomic mass is 16.5. The predicted octanol–water partition coefficient (Wildman–Crippen LogP) is 1.51. The Hall–Kier alpha value is -0.380. The van der Waals surface area contributed by atoms with E-state index in [1.54, 1.807) is 7.11 Å². The van der Waals surface area contributed by atoms with Crippen molar-refractivity contribution in [2.24, 2.45) is 0 Å². The van der Waals surface area contributed by atoms with E-state index in [0.717, 1.165) is 39.3 Å². The van der Waals surface area contributed by atoms with Crippen LogP contribution in [0.15, 0.2) is 12.2 Å². The fourth-order valence-electron chi connectivity index (χ4n) is 1.38. The van der Waals surface area contributed by atoms with Gasteiger partial charge in [-0.1, -0.05) is 20.4 Å². The quantitative estimate of drug-likeness (QED) is 0.441. The minimum Gasteiger partial charge on any atom is -0.383 e. The topological polar surface area (TPSA) is 24.5 Å². The van der Waals surface area contributed by atoms with Crippen LogP contribution in [-0.4, -0.2) is 51.3 Å². The summed E-state index contributed by atoms with van der Waals surface area (Å²) in [7, 11) is 1.74. The summed E-state index contributed by atoms with van der Waals surface area (Å²) in [6.45, 7) is 14.2. The van der Waals surface area contributed by atoms with Crippen LogP contribution in [0.2, 0.25) is 0 Å². The summed E-state index contributed by atoms with van der Waals surface area (Å²) in [5.74, 6) is 0. The fourth-order valence-corrected chi connectivity index (χ4v) is 1.38. The molecule has 0 unspecified atom stereocenters. The summed E-state index contributed by atoms with van der Waals surface area (Å²) >= 11 is 0.